The second-order valence-electron chi connectivity index (χ2n) is 10.2. The molecule has 1 saturated heterocycles. The normalized spacial score (nSPS) is 34.6. The Morgan fingerprint density at radius 3 is 2.55 bits per heavy atom. The molecule has 0 radical (unpaired) electrons. The summed E-state index contributed by atoms with van der Waals surface area (Å²) in [7, 11) is -3.44. The molecule has 6 heteroatoms. The van der Waals surface area contributed by atoms with E-state index in [1.807, 2.05) is 0 Å². The van der Waals surface area contributed by atoms with E-state index < -0.39 is 15.4 Å². The molecule has 4 aliphatic rings. The Hall–Kier alpha value is -1.24. The molecular formula is C23H32N2O3S. The first-order valence-electron chi connectivity index (χ1n) is 11.0. The van der Waals surface area contributed by atoms with Gasteiger partial charge < -0.3 is 0 Å². The van der Waals surface area contributed by atoms with Gasteiger partial charge in [0.1, 0.15) is 5.78 Å². The van der Waals surface area contributed by atoms with Crippen molar-refractivity contribution in [3.63, 3.8) is 0 Å². The van der Waals surface area contributed by atoms with E-state index in [4.69, 9.17) is 0 Å². The number of fused-ring (bicyclic) bond motifs is 3. The van der Waals surface area contributed by atoms with E-state index in [0.717, 1.165) is 38.8 Å². The quantitative estimate of drug-likeness (QED) is 0.757. The molecule has 5 nitrogen and oxygen atoms in total. The van der Waals surface area contributed by atoms with Gasteiger partial charge in [-0.3, -0.25) is 9.69 Å². The molecule has 2 bridgehead atoms. The van der Waals surface area contributed by atoms with Gasteiger partial charge in [0.2, 0.25) is 10.0 Å². The summed E-state index contributed by atoms with van der Waals surface area (Å²) in [6, 6.07) is 8.85. The second kappa shape index (κ2) is 6.63. The maximum Gasteiger partial charge on any atom is 0.215 e. The van der Waals surface area contributed by atoms with E-state index in [1.54, 1.807) is 4.31 Å². The molecule has 5 rings (SSSR count). The highest BCUT2D eigenvalue weighted by atomic mass is 32.2. The highest BCUT2D eigenvalue weighted by molar-refractivity contribution is 7.89. The summed E-state index contributed by atoms with van der Waals surface area (Å²) < 4.78 is 28.5. The van der Waals surface area contributed by atoms with Gasteiger partial charge in [-0.15, -0.1) is 0 Å². The predicted octanol–water partition coefficient (Wildman–Crippen LogP) is 2.84. The molecule has 2 heterocycles. The summed E-state index contributed by atoms with van der Waals surface area (Å²) in [6.45, 7) is 7.28. The average Bonchev–Trinajstić information content (AvgIpc) is 3.32. The van der Waals surface area contributed by atoms with Crippen LogP contribution in [0.4, 0.5) is 0 Å². The zero-order chi connectivity index (χ0) is 20.4. The fourth-order valence-corrected chi connectivity index (χ4v) is 8.87. The topological polar surface area (TPSA) is 57.7 Å². The zero-order valence-corrected chi connectivity index (χ0v) is 18.4. The Kier molecular flexibility index (Phi) is 4.50. The first kappa shape index (κ1) is 19.7. The lowest BCUT2D eigenvalue weighted by atomic mass is 9.70. The van der Waals surface area contributed by atoms with Crippen LogP contribution in [-0.2, 0) is 27.8 Å². The SMILES string of the molecule is CC1(C)C2CCC1(CS(=O)(=O)N1CCC(N3CCc4ccccc4C3)C1)C(=O)C2. The molecule has 1 aromatic carbocycles. The summed E-state index contributed by atoms with van der Waals surface area (Å²) in [6.07, 6.45) is 4.21. The molecule has 3 atom stereocenters. The van der Waals surface area contributed by atoms with Crippen molar-refractivity contribution in [2.75, 3.05) is 25.4 Å². The standard InChI is InChI=1S/C23H32N2O3S/c1-22(2)19-7-10-23(22,21(26)13-19)16-29(27,28)25-12-9-20(15-25)24-11-8-17-5-3-4-6-18(17)14-24/h3-6,19-20H,7-16H2,1-2H3. The molecule has 2 aliphatic heterocycles. The van der Waals surface area contributed by atoms with Crippen LogP contribution in [0.5, 0.6) is 0 Å². The number of benzene rings is 1. The van der Waals surface area contributed by atoms with Crippen molar-refractivity contribution < 1.29 is 13.2 Å². The zero-order valence-electron chi connectivity index (χ0n) is 17.6. The van der Waals surface area contributed by atoms with Crippen molar-refractivity contribution in [2.45, 2.75) is 58.5 Å². The predicted molar refractivity (Wildman–Crippen MR) is 113 cm³/mol. The van der Waals surface area contributed by atoms with Gasteiger partial charge in [-0.1, -0.05) is 38.1 Å². The van der Waals surface area contributed by atoms with Crippen molar-refractivity contribution in [3.05, 3.63) is 35.4 Å². The number of Topliss-reactive ketones (excluding diaryl/α,β-unsaturated/α-hetero) is 1. The van der Waals surface area contributed by atoms with Gasteiger partial charge in [0, 0.05) is 44.1 Å². The molecule has 0 N–H and O–H groups in total. The number of carbonyl (C=O) groups excluding carboxylic acids is 1. The van der Waals surface area contributed by atoms with Crippen LogP contribution >= 0.6 is 0 Å². The Balaban J connectivity index is 1.30. The van der Waals surface area contributed by atoms with E-state index in [1.165, 1.54) is 11.1 Å². The Bertz CT molecular complexity index is 941. The van der Waals surface area contributed by atoms with Crippen molar-refractivity contribution >= 4 is 15.8 Å². The first-order valence-corrected chi connectivity index (χ1v) is 12.7. The fraction of sp³-hybridized carbons (Fsp3) is 0.696. The third-order valence-corrected chi connectivity index (χ3v) is 10.7. The van der Waals surface area contributed by atoms with Crippen LogP contribution in [0.1, 0.15) is 50.7 Å². The molecule has 158 valence electrons. The van der Waals surface area contributed by atoms with Crippen LogP contribution in [0.2, 0.25) is 0 Å². The number of hydrogen-bond acceptors (Lipinski definition) is 4. The smallest absolute Gasteiger partial charge is 0.215 e. The summed E-state index contributed by atoms with van der Waals surface area (Å²) >= 11 is 0. The van der Waals surface area contributed by atoms with E-state index >= 15 is 0 Å². The maximum absolute atomic E-state index is 13.4. The highest BCUT2D eigenvalue weighted by Crippen LogP contribution is 2.64. The van der Waals surface area contributed by atoms with E-state index in [0.29, 0.717) is 25.4 Å². The summed E-state index contributed by atoms with van der Waals surface area (Å²) in [5.41, 5.74) is 1.92. The molecule has 0 aromatic heterocycles. The van der Waals surface area contributed by atoms with Crippen molar-refractivity contribution in [1.82, 2.24) is 9.21 Å². The van der Waals surface area contributed by atoms with E-state index in [9.17, 15) is 13.2 Å². The van der Waals surface area contributed by atoms with Crippen molar-refractivity contribution in [1.29, 1.82) is 0 Å². The van der Waals surface area contributed by atoms with Crippen LogP contribution in [0.25, 0.3) is 0 Å². The van der Waals surface area contributed by atoms with E-state index in [-0.39, 0.29) is 23.0 Å². The van der Waals surface area contributed by atoms with Crippen LogP contribution in [-0.4, -0.2) is 54.8 Å². The lowest BCUT2D eigenvalue weighted by Gasteiger charge is -2.37. The lowest BCUT2D eigenvalue weighted by Crippen LogP contribution is -2.47. The number of hydrogen-bond donors (Lipinski definition) is 0. The van der Waals surface area contributed by atoms with Gasteiger partial charge in [0.05, 0.1) is 5.75 Å². The molecular weight excluding hydrogens is 384 g/mol. The first-order chi connectivity index (χ1) is 13.7. The van der Waals surface area contributed by atoms with Crippen molar-refractivity contribution in [3.8, 4) is 0 Å². The number of rotatable bonds is 4. The summed E-state index contributed by atoms with van der Waals surface area (Å²) in [4.78, 5) is 15.3. The van der Waals surface area contributed by atoms with Crippen LogP contribution in [0.3, 0.4) is 0 Å². The number of sulfonamides is 1. The molecule has 3 fully saturated rings. The Morgan fingerprint density at radius 1 is 1.10 bits per heavy atom. The van der Waals surface area contributed by atoms with Gasteiger partial charge in [-0.25, -0.2) is 12.7 Å². The van der Waals surface area contributed by atoms with E-state index in [2.05, 4.69) is 43.0 Å². The van der Waals surface area contributed by atoms with Gasteiger partial charge in [-0.05, 0) is 48.1 Å². The second-order valence-corrected chi connectivity index (χ2v) is 12.2. The minimum atomic E-state index is -3.44. The summed E-state index contributed by atoms with van der Waals surface area (Å²) in [5.74, 6) is 0.549. The molecule has 2 aliphatic carbocycles. The fourth-order valence-electron chi connectivity index (χ4n) is 6.60. The number of carbonyl (C=O) groups is 1. The van der Waals surface area contributed by atoms with Crippen LogP contribution in [0, 0.1) is 16.7 Å². The van der Waals surface area contributed by atoms with Gasteiger partial charge in [0.25, 0.3) is 0 Å². The number of ketones is 1. The molecule has 0 spiro atoms. The maximum atomic E-state index is 13.4. The third kappa shape index (κ3) is 2.94. The average molecular weight is 417 g/mol. The largest absolute Gasteiger partial charge is 0.299 e. The van der Waals surface area contributed by atoms with Gasteiger partial charge in [0.15, 0.2) is 0 Å². The monoisotopic (exact) mass is 416 g/mol. The highest BCUT2D eigenvalue weighted by Gasteiger charge is 2.65. The molecule has 3 unspecified atom stereocenters. The van der Waals surface area contributed by atoms with Gasteiger partial charge >= 0.3 is 0 Å². The Morgan fingerprint density at radius 2 is 1.86 bits per heavy atom. The van der Waals surface area contributed by atoms with Crippen LogP contribution in [0.15, 0.2) is 24.3 Å². The summed E-state index contributed by atoms with van der Waals surface area (Å²) in [5, 5.41) is 0. The molecule has 1 aromatic rings. The van der Waals surface area contributed by atoms with Crippen LogP contribution < -0.4 is 0 Å². The lowest BCUT2D eigenvalue weighted by molar-refractivity contribution is -0.128. The van der Waals surface area contributed by atoms with Gasteiger partial charge in [-0.2, -0.15) is 0 Å². The minimum Gasteiger partial charge on any atom is -0.299 e. The third-order valence-electron chi connectivity index (χ3n) is 8.76. The molecule has 29 heavy (non-hydrogen) atoms. The molecule has 2 saturated carbocycles. The molecule has 0 amide bonds. The van der Waals surface area contributed by atoms with Crippen molar-refractivity contribution in [2.24, 2.45) is 16.7 Å². The number of nitrogens with zero attached hydrogens (tertiary/aromatic N) is 2. The minimum absolute atomic E-state index is 0.0118. The Labute approximate surface area is 174 Å².